The Morgan fingerprint density at radius 1 is 1.35 bits per heavy atom. The number of carbonyl (C=O) groups excluding carboxylic acids is 1. The lowest BCUT2D eigenvalue weighted by atomic mass is 10.0. The van der Waals surface area contributed by atoms with Crippen molar-refractivity contribution >= 4 is 24.4 Å². The highest BCUT2D eigenvalue weighted by molar-refractivity contribution is 7.80. The molecule has 0 aliphatic carbocycles. The molecule has 0 saturated carbocycles. The van der Waals surface area contributed by atoms with E-state index in [0.717, 1.165) is 6.42 Å². The van der Waals surface area contributed by atoms with Crippen LogP contribution in [0, 0.1) is 5.92 Å². The molecule has 0 amide bonds. The lowest BCUT2D eigenvalue weighted by Gasteiger charge is -2.15. The Labute approximate surface area is 142 Å². The summed E-state index contributed by atoms with van der Waals surface area (Å²) in [5, 5.41) is 19.2. The molecular formula is C17H24O5S. The summed E-state index contributed by atoms with van der Waals surface area (Å²) in [4.78, 5) is 22.4. The van der Waals surface area contributed by atoms with Gasteiger partial charge in [-0.2, -0.15) is 12.6 Å². The van der Waals surface area contributed by atoms with Gasteiger partial charge in [0, 0.05) is 11.3 Å². The van der Waals surface area contributed by atoms with Crippen molar-refractivity contribution in [3.63, 3.8) is 0 Å². The molecule has 1 aromatic carbocycles. The van der Waals surface area contributed by atoms with Gasteiger partial charge in [-0.25, -0.2) is 0 Å². The molecule has 0 fully saturated rings. The number of aromatic hydroxyl groups is 1. The van der Waals surface area contributed by atoms with Crippen LogP contribution in [0.4, 0.5) is 0 Å². The molecule has 2 N–H and O–H groups in total. The minimum Gasteiger partial charge on any atom is -0.507 e. The number of rotatable bonds is 10. The van der Waals surface area contributed by atoms with Crippen molar-refractivity contribution in [2.24, 2.45) is 5.92 Å². The summed E-state index contributed by atoms with van der Waals surface area (Å²) in [6.45, 7) is 3.75. The standard InChI is InChI=1S/C17H24O5S/c1-3-5-14-15(8-7-13(11(2)18)16(14)19)22-9-4-6-12(10-23)17(20)21/h7-8,12,19,23H,3-6,9-10H2,1-2H3,(H,20,21)/t12-/m1/s1. The highest BCUT2D eigenvalue weighted by Crippen LogP contribution is 2.33. The Morgan fingerprint density at radius 2 is 2.04 bits per heavy atom. The van der Waals surface area contributed by atoms with Crippen molar-refractivity contribution in [2.45, 2.75) is 39.5 Å². The van der Waals surface area contributed by atoms with E-state index in [4.69, 9.17) is 9.84 Å². The zero-order chi connectivity index (χ0) is 17.4. The van der Waals surface area contributed by atoms with Gasteiger partial charge in [0.05, 0.1) is 18.1 Å². The van der Waals surface area contributed by atoms with Gasteiger partial charge in [0.25, 0.3) is 0 Å². The van der Waals surface area contributed by atoms with Crippen LogP contribution in [-0.2, 0) is 11.2 Å². The predicted octanol–water partition coefficient (Wildman–Crippen LogP) is 3.34. The SMILES string of the molecule is CCCc1c(OCCC[C@H](CS)C(=O)O)ccc(C(C)=O)c1O. The van der Waals surface area contributed by atoms with Gasteiger partial charge in [0.15, 0.2) is 5.78 Å². The molecule has 0 bridgehead atoms. The Balaban J connectivity index is 2.74. The second-order valence-corrected chi connectivity index (χ2v) is 5.82. The third-order valence-electron chi connectivity index (χ3n) is 3.64. The largest absolute Gasteiger partial charge is 0.507 e. The van der Waals surface area contributed by atoms with Crippen LogP contribution >= 0.6 is 12.6 Å². The van der Waals surface area contributed by atoms with Crippen molar-refractivity contribution < 1.29 is 24.5 Å². The van der Waals surface area contributed by atoms with E-state index in [2.05, 4.69) is 12.6 Å². The number of aliphatic carboxylic acids is 1. The maximum atomic E-state index is 11.5. The molecule has 0 aliphatic rings. The lowest BCUT2D eigenvalue weighted by molar-refractivity contribution is -0.141. The molecule has 0 aromatic heterocycles. The minimum absolute atomic E-state index is 0.0179. The van der Waals surface area contributed by atoms with Gasteiger partial charge < -0.3 is 14.9 Å². The van der Waals surface area contributed by atoms with Gasteiger partial charge in [-0.3, -0.25) is 9.59 Å². The van der Waals surface area contributed by atoms with Crippen LogP contribution in [0.15, 0.2) is 12.1 Å². The number of hydrogen-bond acceptors (Lipinski definition) is 5. The number of phenols is 1. The minimum atomic E-state index is -0.852. The van der Waals surface area contributed by atoms with E-state index < -0.39 is 11.9 Å². The van der Waals surface area contributed by atoms with Crippen LogP contribution in [0.2, 0.25) is 0 Å². The van der Waals surface area contributed by atoms with Gasteiger partial charge >= 0.3 is 5.97 Å². The van der Waals surface area contributed by atoms with Gasteiger partial charge in [0.1, 0.15) is 11.5 Å². The molecule has 0 heterocycles. The summed E-state index contributed by atoms with van der Waals surface area (Å²) in [5.74, 6) is -0.697. The summed E-state index contributed by atoms with van der Waals surface area (Å²) in [5.41, 5.74) is 0.922. The second kappa shape index (κ2) is 9.45. The van der Waals surface area contributed by atoms with Crippen LogP contribution in [0.3, 0.4) is 0 Å². The van der Waals surface area contributed by atoms with Crippen LogP contribution < -0.4 is 4.74 Å². The molecule has 0 radical (unpaired) electrons. The van der Waals surface area contributed by atoms with Crippen LogP contribution in [0.5, 0.6) is 11.5 Å². The maximum Gasteiger partial charge on any atom is 0.307 e. The van der Waals surface area contributed by atoms with E-state index in [0.29, 0.717) is 48.5 Å². The average Bonchev–Trinajstić information content (AvgIpc) is 2.49. The molecule has 0 saturated heterocycles. The number of carboxylic acid groups (broad SMARTS) is 1. The first-order valence-electron chi connectivity index (χ1n) is 7.74. The highest BCUT2D eigenvalue weighted by Gasteiger charge is 2.17. The quantitative estimate of drug-likeness (QED) is 0.346. The van der Waals surface area contributed by atoms with Crippen LogP contribution in [-0.4, -0.2) is 34.3 Å². The molecule has 1 aromatic rings. The number of carboxylic acids is 1. The van der Waals surface area contributed by atoms with Crippen molar-refractivity contribution in [1.29, 1.82) is 0 Å². The molecule has 0 aliphatic heterocycles. The van der Waals surface area contributed by atoms with E-state index >= 15 is 0 Å². The topological polar surface area (TPSA) is 83.8 Å². The van der Waals surface area contributed by atoms with E-state index in [1.54, 1.807) is 12.1 Å². The first-order valence-corrected chi connectivity index (χ1v) is 8.37. The number of carbonyl (C=O) groups is 2. The lowest BCUT2D eigenvalue weighted by Crippen LogP contribution is -2.16. The fraction of sp³-hybridized carbons (Fsp3) is 0.529. The fourth-order valence-electron chi connectivity index (χ4n) is 2.33. The number of hydrogen-bond donors (Lipinski definition) is 3. The molecule has 6 heteroatoms. The molecule has 0 spiro atoms. The van der Waals surface area contributed by atoms with Crippen molar-refractivity contribution in [1.82, 2.24) is 0 Å². The van der Waals surface area contributed by atoms with Gasteiger partial charge in [0.2, 0.25) is 0 Å². The average molecular weight is 340 g/mol. The third kappa shape index (κ3) is 5.46. The van der Waals surface area contributed by atoms with E-state index in [1.807, 2.05) is 6.92 Å². The molecule has 1 atom stereocenters. The summed E-state index contributed by atoms with van der Waals surface area (Å²) in [6.07, 6.45) is 2.49. The number of benzene rings is 1. The van der Waals surface area contributed by atoms with Crippen molar-refractivity contribution in [2.75, 3.05) is 12.4 Å². The Kier molecular flexibility index (Phi) is 7.95. The van der Waals surface area contributed by atoms with Crippen LogP contribution in [0.1, 0.15) is 49.0 Å². The predicted molar refractivity (Wildman–Crippen MR) is 91.8 cm³/mol. The number of ether oxygens (including phenoxy) is 1. The Hall–Kier alpha value is -1.69. The third-order valence-corrected chi connectivity index (χ3v) is 4.08. The van der Waals surface area contributed by atoms with Gasteiger partial charge in [-0.1, -0.05) is 13.3 Å². The van der Waals surface area contributed by atoms with Crippen molar-refractivity contribution in [3.8, 4) is 11.5 Å². The first kappa shape index (κ1) is 19.4. The number of ketones is 1. The molecule has 1 rings (SSSR count). The normalized spacial score (nSPS) is 12.0. The van der Waals surface area contributed by atoms with E-state index in [9.17, 15) is 14.7 Å². The van der Waals surface area contributed by atoms with Crippen molar-refractivity contribution in [3.05, 3.63) is 23.3 Å². The smallest absolute Gasteiger partial charge is 0.307 e. The summed E-state index contributed by atoms with van der Waals surface area (Å²) in [6, 6.07) is 3.24. The molecule has 23 heavy (non-hydrogen) atoms. The molecule has 5 nitrogen and oxygen atoms in total. The Bertz CT molecular complexity index is 556. The summed E-state index contributed by atoms with van der Waals surface area (Å²) in [7, 11) is 0. The number of phenolic OH excluding ortho intramolecular Hbond substituents is 1. The second-order valence-electron chi connectivity index (χ2n) is 5.45. The van der Waals surface area contributed by atoms with Crippen LogP contribution in [0.25, 0.3) is 0 Å². The highest BCUT2D eigenvalue weighted by atomic mass is 32.1. The summed E-state index contributed by atoms with van der Waals surface area (Å²) >= 11 is 4.03. The monoisotopic (exact) mass is 340 g/mol. The molecule has 0 unspecified atom stereocenters. The molecular weight excluding hydrogens is 316 g/mol. The number of Topliss-reactive ketones (excluding diaryl/α,β-unsaturated/α-hetero) is 1. The fourth-order valence-corrected chi connectivity index (χ4v) is 2.67. The van der Waals surface area contributed by atoms with Gasteiger partial charge in [-0.15, -0.1) is 0 Å². The van der Waals surface area contributed by atoms with E-state index in [-0.39, 0.29) is 11.5 Å². The van der Waals surface area contributed by atoms with Gasteiger partial charge in [-0.05, 0) is 38.3 Å². The summed E-state index contributed by atoms with van der Waals surface area (Å²) < 4.78 is 5.69. The molecule has 128 valence electrons. The maximum absolute atomic E-state index is 11.5. The zero-order valence-electron chi connectivity index (χ0n) is 13.5. The number of thiol groups is 1. The first-order chi connectivity index (χ1) is 10.9. The zero-order valence-corrected chi connectivity index (χ0v) is 14.4. The van der Waals surface area contributed by atoms with E-state index in [1.165, 1.54) is 6.92 Å². The Morgan fingerprint density at radius 3 is 2.57 bits per heavy atom.